The van der Waals surface area contributed by atoms with E-state index in [1.807, 2.05) is 18.2 Å². The number of anilines is 1. The fraction of sp³-hybridized carbons (Fsp3) is 0. The number of aromatic amines is 1. The molecule has 0 atom stereocenters. The van der Waals surface area contributed by atoms with Gasteiger partial charge in [-0.1, -0.05) is 18.2 Å². The molecular weight excluding hydrogens is 176 g/mol. The molecule has 1 heterocycles. The first-order valence-electron chi connectivity index (χ1n) is 4.35. The van der Waals surface area contributed by atoms with Gasteiger partial charge in [0.1, 0.15) is 0 Å². The normalized spacial score (nSPS) is 9.71. The van der Waals surface area contributed by atoms with Gasteiger partial charge in [0, 0.05) is 18.0 Å². The highest BCUT2D eigenvalue weighted by Gasteiger charge is 2.03. The molecule has 0 saturated carbocycles. The Kier molecular flexibility index (Phi) is 2.32. The Hall–Kier alpha value is -2.03. The summed E-state index contributed by atoms with van der Waals surface area (Å²) < 4.78 is 0. The molecule has 0 aliphatic rings. The van der Waals surface area contributed by atoms with Gasteiger partial charge in [-0.05, 0) is 18.2 Å². The van der Waals surface area contributed by atoms with Crippen LogP contribution in [0, 0.1) is 0 Å². The van der Waals surface area contributed by atoms with Crippen molar-refractivity contribution in [3.63, 3.8) is 0 Å². The minimum Gasteiger partial charge on any atom is -0.366 e. The zero-order valence-electron chi connectivity index (χ0n) is 7.53. The van der Waals surface area contributed by atoms with Crippen LogP contribution in [0.15, 0.2) is 48.8 Å². The number of aromatic nitrogens is 1. The molecule has 0 radical (unpaired) electrons. The maximum Gasteiger partial charge on any atom is 0.255 e. The van der Waals surface area contributed by atoms with Crippen molar-refractivity contribution in [3.8, 4) is 0 Å². The van der Waals surface area contributed by atoms with Gasteiger partial charge in [0.25, 0.3) is 5.91 Å². The van der Waals surface area contributed by atoms with Crippen LogP contribution in [0.5, 0.6) is 0 Å². The first kappa shape index (κ1) is 8.56. The molecule has 1 aromatic heterocycles. The van der Waals surface area contributed by atoms with Crippen molar-refractivity contribution in [1.29, 1.82) is 0 Å². The fourth-order valence-electron chi connectivity index (χ4n) is 1.19. The largest absolute Gasteiger partial charge is 0.366 e. The Balaban J connectivity index is 2.11. The monoisotopic (exact) mass is 186 g/mol. The predicted octanol–water partition coefficient (Wildman–Crippen LogP) is 2.27. The molecule has 0 aliphatic heterocycles. The van der Waals surface area contributed by atoms with E-state index >= 15 is 0 Å². The molecule has 3 heteroatoms. The summed E-state index contributed by atoms with van der Waals surface area (Å²) in [7, 11) is 0. The smallest absolute Gasteiger partial charge is 0.255 e. The van der Waals surface area contributed by atoms with Crippen LogP contribution in [0.1, 0.15) is 10.4 Å². The van der Waals surface area contributed by atoms with Crippen molar-refractivity contribution in [3.05, 3.63) is 54.4 Å². The molecule has 1 aromatic carbocycles. The third-order valence-electron chi connectivity index (χ3n) is 1.89. The van der Waals surface area contributed by atoms with Crippen LogP contribution in [0.25, 0.3) is 0 Å². The number of hydrogen-bond acceptors (Lipinski definition) is 1. The standard InChI is InChI=1S/C11H10N2O/c14-11(9-4-2-1-3-5-9)13-10-6-7-12-8-10/h1-8,12H,(H,13,14). The van der Waals surface area contributed by atoms with Crippen LogP contribution in [0.4, 0.5) is 5.69 Å². The van der Waals surface area contributed by atoms with Crippen LogP contribution < -0.4 is 5.32 Å². The van der Waals surface area contributed by atoms with Gasteiger partial charge in [-0.2, -0.15) is 0 Å². The Labute approximate surface area is 81.8 Å². The predicted molar refractivity (Wildman–Crippen MR) is 55.2 cm³/mol. The molecule has 0 saturated heterocycles. The summed E-state index contributed by atoms with van der Waals surface area (Å²) in [5, 5.41) is 2.77. The maximum absolute atomic E-state index is 11.6. The van der Waals surface area contributed by atoms with Gasteiger partial charge in [-0.25, -0.2) is 0 Å². The number of rotatable bonds is 2. The lowest BCUT2D eigenvalue weighted by atomic mass is 10.2. The van der Waals surface area contributed by atoms with Crippen molar-refractivity contribution < 1.29 is 4.79 Å². The first-order valence-corrected chi connectivity index (χ1v) is 4.35. The van der Waals surface area contributed by atoms with Crippen LogP contribution in [0.2, 0.25) is 0 Å². The molecule has 70 valence electrons. The van der Waals surface area contributed by atoms with Gasteiger partial charge in [-0.15, -0.1) is 0 Å². The van der Waals surface area contributed by atoms with Gasteiger partial charge in [-0.3, -0.25) is 4.79 Å². The molecule has 2 N–H and O–H groups in total. The summed E-state index contributed by atoms with van der Waals surface area (Å²) in [6, 6.07) is 10.9. The van der Waals surface area contributed by atoms with Crippen molar-refractivity contribution in [2.75, 3.05) is 5.32 Å². The van der Waals surface area contributed by atoms with Crippen LogP contribution in [-0.4, -0.2) is 10.9 Å². The van der Waals surface area contributed by atoms with E-state index in [0.717, 1.165) is 5.69 Å². The van der Waals surface area contributed by atoms with Gasteiger partial charge in [0.15, 0.2) is 0 Å². The van der Waals surface area contributed by atoms with Gasteiger partial charge < -0.3 is 10.3 Å². The molecule has 2 aromatic rings. The van der Waals surface area contributed by atoms with E-state index in [0.29, 0.717) is 5.56 Å². The lowest BCUT2D eigenvalue weighted by Crippen LogP contribution is -2.10. The van der Waals surface area contributed by atoms with Crippen molar-refractivity contribution in [2.24, 2.45) is 0 Å². The van der Waals surface area contributed by atoms with Crippen molar-refractivity contribution in [2.45, 2.75) is 0 Å². The Morgan fingerprint density at radius 3 is 2.57 bits per heavy atom. The van der Waals surface area contributed by atoms with E-state index in [9.17, 15) is 4.79 Å². The van der Waals surface area contributed by atoms with Crippen LogP contribution in [-0.2, 0) is 0 Å². The molecule has 0 spiro atoms. The zero-order chi connectivity index (χ0) is 9.80. The average Bonchev–Trinajstić information content (AvgIpc) is 2.72. The Morgan fingerprint density at radius 1 is 1.14 bits per heavy atom. The molecule has 1 amide bonds. The maximum atomic E-state index is 11.6. The summed E-state index contributed by atoms with van der Waals surface area (Å²) in [5.74, 6) is -0.0924. The summed E-state index contributed by atoms with van der Waals surface area (Å²) in [4.78, 5) is 14.5. The average molecular weight is 186 g/mol. The number of carbonyl (C=O) groups is 1. The van der Waals surface area contributed by atoms with Crippen molar-refractivity contribution >= 4 is 11.6 Å². The highest BCUT2D eigenvalue weighted by molar-refractivity contribution is 6.04. The molecule has 3 nitrogen and oxygen atoms in total. The summed E-state index contributed by atoms with van der Waals surface area (Å²) in [6.07, 6.45) is 3.50. The zero-order valence-corrected chi connectivity index (χ0v) is 7.53. The van der Waals surface area contributed by atoms with E-state index in [1.165, 1.54) is 0 Å². The summed E-state index contributed by atoms with van der Waals surface area (Å²) in [5.41, 5.74) is 1.44. The number of hydrogen-bond donors (Lipinski definition) is 2. The number of amides is 1. The van der Waals surface area contributed by atoms with E-state index in [2.05, 4.69) is 10.3 Å². The van der Waals surface area contributed by atoms with Crippen molar-refractivity contribution in [1.82, 2.24) is 4.98 Å². The lowest BCUT2D eigenvalue weighted by Gasteiger charge is -2.01. The minimum absolute atomic E-state index is 0.0924. The van der Waals surface area contributed by atoms with E-state index in [4.69, 9.17) is 0 Å². The molecule has 2 rings (SSSR count). The second-order valence-electron chi connectivity index (χ2n) is 2.92. The van der Waals surface area contributed by atoms with Gasteiger partial charge >= 0.3 is 0 Å². The summed E-state index contributed by atoms with van der Waals surface area (Å²) >= 11 is 0. The number of H-pyrrole nitrogens is 1. The highest BCUT2D eigenvalue weighted by atomic mass is 16.1. The van der Waals surface area contributed by atoms with E-state index < -0.39 is 0 Å². The molecule has 14 heavy (non-hydrogen) atoms. The third kappa shape index (κ3) is 1.82. The molecule has 0 bridgehead atoms. The quantitative estimate of drug-likeness (QED) is 0.742. The highest BCUT2D eigenvalue weighted by Crippen LogP contribution is 2.07. The lowest BCUT2D eigenvalue weighted by molar-refractivity contribution is 0.102. The fourth-order valence-corrected chi connectivity index (χ4v) is 1.19. The number of carbonyl (C=O) groups excluding carboxylic acids is 1. The molecule has 0 fully saturated rings. The van der Waals surface area contributed by atoms with Crippen LogP contribution >= 0.6 is 0 Å². The SMILES string of the molecule is O=C(Nc1cc[nH]c1)c1ccccc1. The third-order valence-corrected chi connectivity index (χ3v) is 1.89. The first-order chi connectivity index (χ1) is 6.86. The van der Waals surface area contributed by atoms with Gasteiger partial charge in [0.05, 0.1) is 5.69 Å². The molecular formula is C11H10N2O. The number of nitrogens with one attached hydrogen (secondary N) is 2. The van der Waals surface area contributed by atoms with Crippen LogP contribution in [0.3, 0.4) is 0 Å². The second kappa shape index (κ2) is 3.79. The Bertz CT molecular complexity index is 406. The Morgan fingerprint density at radius 2 is 1.93 bits per heavy atom. The van der Waals surface area contributed by atoms with E-state index in [1.54, 1.807) is 30.6 Å². The summed E-state index contributed by atoms with van der Waals surface area (Å²) in [6.45, 7) is 0. The minimum atomic E-state index is -0.0924. The topological polar surface area (TPSA) is 44.9 Å². The number of benzene rings is 1. The molecule has 0 unspecified atom stereocenters. The molecule has 0 aliphatic carbocycles. The van der Waals surface area contributed by atoms with E-state index in [-0.39, 0.29) is 5.91 Å². The second-order valence-corrected chi connectivity index (χ2v) is 2.92. The van der Waals surface area contributed by atoms with Gasteiger partial charge in [0.2, 0.25) is 0 Å².